The van der Waals surface area contributed by atoms with Crippen LogP contribution in [-0.4, -0.2) is 62.4 Å². The van der Waals surface area contributed by atoms with E-state index < -0.39 is 63.7 Å². The van der Waals surface area contributed by atoms with Crippen LogP contribution in [0.2, 0.25) is 0 Å². The zero-order valence-electron chi connectivity index (χ0n) is 20.8. The summed E-state index contributed by atoms with van der Waals surface area (Å²) in [5, 5.41) is 32.8. The quantitative estimate of drug-likeness (QED) is 0.375. The Hall–Kier alpha value is -2.52. The number of ether oxygens (including phenoxy) is 2. The lowest BCUT2D eigenvalue weighted by atomic mass is 9.60. The largest absolute Gasteiger partial charge is 0.481 e. The summed E-state index contributed by atoms with van der Waals surface area (Å²) in [4.78, 5) is 48.0. The van der Waals surface area contributed by atoms with Gasteiger partial charge in [0.25, 0.3) is 0 Å². The molecular weight excluding hydrogens is 456 g/mol. The van der Waals surface area contributed by atoms with E-state index in [0.29, 0.717) is 17.6 Å². The van der Waals surface area contributed by atoms with Crippen LogP contribution < -0.4 is 0 Å². The normalized spacial score (nSPS) is 40.8. The summed E-state index contributed by atoms with van der Waals surface area (Å²) >= 11 is 0. The van der Waals surface area contributed by atoms with Crippen molar-refractivity contribution in [2.24, 2.45) is 29.1 Å². The molecule has 0 aromatic heterocycles. The van der Waals surface area contributed by atoms with Gasteiger partial charge in [0.2, 0.25) is 0 Å². The first kappa shape index (κ1) is 25.6. The average molecular weight is 491 g/mol. The standard InChI is InChI=1S/C26H34O9/c1-13-8-18-24(32,22(13)31)11-16(12-34-20(30)7-6-19(28)29)9-17-21-23(4,5)25(21,35-15(3)27)10-14(2)26(17,18)33/h8-9,14,17-18,21,32-33H,6-7,10-12H2,1-5H3,(H,28,29)/t14-,17+,18-,21-,24-,25+,26-/m1/s1. The number of hydrogen-bond acceptors (Lipinski definition) is 8. The molecular formula is C26H34O9. The van der Waals surface area contributed by atoms with E-state index in [9.17, 15) is 29.4 Å². The van der Waals surface area contributed by atoms with Crippen LogP contribution >= 0.6 is 0 Å². The van der Waals surface area contributed by atoms with Gasteiger partial charge in [-0.15, -0.1) is 0 Å². The third-order valence-electron chi connectivity index (χ3n) is 8.96. The van der Waals surface area contributed by atoms with E-state index in [1.807, 2.05) is 20.8 Å². The van der Waals surface area contributed by atoms with Gasteiger partial charge in [0.05, 0.1) is 18.4 Å². The molecule has 192 valence electrons. The first-order valence-electron chi connectivity index (χ1n) is 12.1. The minimum atomic E-state index is -1.90. The topological polar surface area (TPSA) is 147 Å². The second-order valence-electron chi connectivity index (χ2n) is 11.3. The summed E-state index contributed by atoms with van der Waals surface area (Å²) in [5.41, 5.74) is -3.83. The van der Waals surface area contributed by atoms with Crippen molar-refractivity contribution in [3.8, 4) is 0 Å². The molecule has 4 aliphatic rings. The summed E-state index contributed by atoms with van der Waals surface area (Å²) in [6, 6.07) is 0. The highest BCUT2D eigenvalue weighted by molar-refractivity contribution is 6.04. The molecule has 0 aromatic rings. The van der Waals surface area contributed by atoms with Crippen molar-refractivity contribution >= 4 is 23.7 Å². The number of carboxylic acids is 1. The zero-order chi connectivity index (χ0) is 26.1. The molecule has 4 rings (SSSR count). The summed E-state index contributed by atoms with van der Waals surface area (Å²) in [6.45, 7) is 8.54. The Morgan fingerprint density at radius 1 is 1.14 bits per heavy atom. The van der Waals surface area contributed by atoms with Gasteiger partial charge in [0.1, 0.15) is 17.8 Å². The minimum absolute atomic E-state index is 0.129. The fraction of sp³-hybridized carbons (Fsp3) is 0.692. The van der Waals surface area contributed by atoms with Crippen LogP contribution in [-0.2, 0) is 28.7 Å². The lowest BCUT2D eigenvalue weighted by Crippen LogP contribution is -2.61. The van der Waals surface area contributed by atoms with Gasteiger partial charge in [-0.05, 0) is 30.4 Å². The van der Waals surface area contributed by atoms with Gasteiger partial charge in [-0.3, -0.25) is 19.2 Å². The van der Waals surface area contributed by atoms with Crippen LogP contribution in [0.25, 0.3) is 0 Å². The van der Waals surface area contributed by atoms with Crippen molar-refractivity contribution in [2.45, 2.75) is 77.1 Å². The van der Waals surface area contributed by atoms with Crippen LogP contribution in [0, 0.1) is 29.1 Å². The van der Waals surface area contributed by atoms with Crippen molar-refractivity contribution in [3.05, 3.63) is 23.3 Å². The summed E-state index contributed by atoms with van der Waals surface area (Å²) in [5.74, 6) is -4.88. The van der Waals surface area contributed by atoms with Crippen LogP contribution in [0.15, 0.2) is 23.3 Å². The molecule has 0 radical (unpaired) electrons. The van der Waals surface area contributed by atoms with Crippen molar-refractivity contribution in [3.63, 3.8) is 0 Å². The van der Waals surface area contributed by atoms with Crippen molar-refractivity contribution < 1.29 is 44.0 Å². The maximum Gasteiger partial charge on any atom is 0.306 e. The fourth-order valence-corrected chi connectivity index (χ4v) is 7.30. The Morgan fingerprint density at radius 2 is 1.80 bits per heavy atom. The fourth-order valence-electron chi connectivity index (χ4n) is 7.30. The Morgan fingerprint density at radius 3 is 2.40 bits per heavy atom. The highest BCUT2D eigenvalue weighted by atomic mass is 16.6. The smallest absolute Gasteiger partial charge is 0.306 e. The lowest BCUT2D eigenvalue weighted by Gasteiger charge is -2.50. The number of aliphatic hydroxyl groups is 2. The molecule has 0 spiro atoms. The Labute approximate surface area is 204 Å². The molecule has 0 aliphatic heterocycles. The number of esters is 2. The van der Waals surface area contributed by atoms with Crippen LogP contribution in [0.4, 0.5) is 0 Å². The maximum absolute atomic E-state index is 13.1. The molecule has 4 aliphatic carbocycles. The third kappa shape index (κ3) is 3.57. The Kier molecular flexibility index (Phi) is 5.84. The Bertz CT molecular complexity index is 1060. The van der Waals surface area contributed by atoms with Crippen molar-refractivity contribution in [2.75, 3.05) is 6.61 Å². The van der Waals surface area contributed by atoms with Gasteiger partial charge in [0, 0.05) is 36.5 Å². The van der Waals surface area contributed by atoms with Gasteiger partial charge < -0.3 is 24.8 Å². The summed E-state index contributed by atoms with van der Waals surface area (Å²) in [6.07, 6.45) is 3.02. The number of hydrogen-bond donors (Lipinski definition) is 3. The number of carbonyl (C=O) groups is 4. The van der Waals surface area contributed by atoms with Crippen LogP contribution in [0.3, 0.4) is 0 Å². The first-order chi connectivity index (χ1) is 16.1. The van der Waals surface area contributed by atoms with Crippen molar-refractivity contribution in [1.82, 2.24) is 0 Å². The molecule has 9 heteroatoms. The summed E-state index contributed by atoms with van der Waals surface area (Å²) < 4.78 is 11.2. The molecule has 2 fully saturated rings. The van der Waals surface area contributed by atoms with E-state index in [2.05, 4.69) is 0 Å². The monoisotopic (exact) mass is 490 g/mol. The average Bonchev–Trinajstić information content (AvgIpc) is 3.14. The molecule has 0 saturated heterocycles. The van der Waals surface area contributed by atoms with E-state index in [1.165, 1.54) is 6.92 Å². The zero-order valence-corrected chi connectivity index (χ0v) is 20.8. The van der Waals surface area contributed by atoms with Gasteiger partial charge >= 0.3 is 17.9 Å². The highest BCUT2D eigenvalue weighted by Crippen LogP contribution is 2.76. The van der Waals surface area contributed by atoms with E-state index in [4.69, 9.17) is 14.6 Å². The number of fused-ring (bicyclic) bond motifs is 5. The molecule has 9 nitrogen and oxygen atoms in total. The highest BCUT2D eigenvalue weighted by Gasteiger charge is 2.83. The number of carbonyl (C=O) groups excluding carboxylic acids is 3. The molecule has 7 atom stereocenters. The maximum atomic E-state index is 13.1. The molecule has 0 bridgehead atoms. The molecule has 0 amide bonds. The predicted molar refractivity (Wildman–Crippen MR) is 122 cm³/mol. The molecule has 0 heterocycles. The number of aliphatic carboxylic acids is 1. The number of ketones is 1. The van der Waals surface area contributed by atoms with E-state index in [-0.39, 0.29) is 31.8 Å². The molecule has 3 N–H and O–H groups in total. The van der Waals surface area contributed by atoms with Gasteiger partial charge in [-0.25, -0.2) is 0 Å². The van der Waals surface area contributed by atoms with Gasteiger partial charge in [-0.1, -0.05) is 32.9 Å². The second kappa shape index (κ2) is 8.00. The van der Waals surface area contributed by atoms with E-state index in [0.717, 1.165) is 0 Å². The molecule has 35 heavy (non-hydrogen) atoms. The number of Topliss-reactive ketones (excluding diaryl/α,β-unsaturated/α-hetero) is 1. The lowest BCUT2D eigenvalue weighted by molar-refractivity contribution is -0.186. The summed E-state index contributed by atoms with van der Waals surface area (Å²) in [7, 11) is 0. The molecule has 0 unspecified atom stereocenters. The van der Waals surface area contributed by atoms with E-state index >= 15 is 0 Å². The van der Waals surface area contributed by atoms with Gasteiger partial charge in [-0.2, -0.15) is 0 Å². The van der Waals surface area contributed by atoms with E-state index in [1.54, 1.807) is 19.1 Å². The minimum Gasteiger partial charge on any atom is -0.481 e. The third-order valence-corrected chi connectivity index (χ3v) is 8.96. The molecule has 0 aromatic carbocycles. The first-order valence-corrected chi connectivity index (χ1v) is 12.1. The molecule has 2 saturated carbocycles. The van der Waals surface area contributed by atoms with Crippen molar-refractivity contribution in [1.29, 1.82) is 0 Å². The predicted octanol–water partition coefficient (Wildman–Crippen LogP) is 1.95. The van der Waals surface area contributed by atoms with Crippen LogP contribution in [0.1, 0.15) is 60.3 Å². The Balaban J connectivity index is 1.75. The van der Waals surface area contributed by atoms with Gasteiger partial charge in [0.15, 0.2) is 5.78 Å². The SMILES string of the molecule is CC(=O)O[C@@]12C[C@@H](C)[C@@]3(O)[C@@H](C=C(COC(=O)CCC(=O)O)C[C@]4(O)C(=O)C(C)=C[C@@H]34)[C@@H]1C2(C)C. The van der Waals surface area contributed by atoms with Crippen LogP contribution in [0.5, 0.6) is 0 Å². The second-order valence-corrected chi connectivity index (χ2v) is 11.3. The number of rotatable bonds is 6. The number of carboxylic acid groups (broad SMARTS) is 1.